The maximum absolute atomic E-state index is 8.68. The Bertz CT molecular complexity index is 83.8. The summed E-state index contributed by atoms with van der Waals surface area (Å²) in [5, 5.41) is 0. The minimum Gasteiger partial charge on any atom is -0.291 e. The number of carbonyl (C=O) groups excluding carboxylic acids is 1. The van der Waals surface area contributed by atoms with Gasteiger partial charge in [-0.05, 0) is 20.8 Å². The van der Waals surface area contributed by atoms with Crippen molar-refractivity contribution < 1.29 is 8.30 Å². The van der Waals surface area contributed by atoms with E-state index in [1.54, 1.807) is 0 Å². The van der Waals surface area contributed by atoms with Crippen LogP contribution in [-0.2, 0) is 4.79 Å². The first kappa shape index (κ1) is 13.7. The van der Waals surface area contributed by atoms with Crippen molar-refractivity contribution in [3.8, 4) is 0 Å². The van der Waals surface area contributed by atoms with Crippen molar-refractivity contribution in [1.29, 1.82) is 0 Å². The van der Waals surface area contributed by atoms with Gasteiger partial charge in [0, 0.05) is 6.92 Å². The van der Waals surface area contributed by atoms with Gasteiger partial charge in [-0.1, -0.05) is 0 Å². The van der Waals surface area contributed by atoms with E-state index in [9.17, 15) is 0 Å². The molecule has 2 nitrogen and oxygen atoms in total. The molecule has 0 saturated heterocycles. The predicted molar refractivity (Wildman–Crippen MR) is 52.2 cm³/mol. The van der Waals surface area contributed by atoms with E-state index in [1.807, 2.05) is 0 Å². The molecule has 0 N–H and O–H groups in total. The molecule has 0 bridgehead atoms. The molecule has 0 unspecified atom stereocenters. The monoisotopic (exact) mass is 223 g/mol. The molecule has 0 aromatic rings. The van der Waals surface area contributed by atoms with Gasteiger partial charge in [0.25, 0.3) is 0 Å². The second kappa shape index (κ2) is 8.21. The molecule has 0 heterocycles. The first-order chi connectivity index (χ1) is 5.10. The van der Waals surface area contributed by atoms with E-state index in [0.717, 1.165) is 3.51 Å². The van der Waals surface area contributed by atoms with Crippen LogP contribution < -0.4 is 0 Å². The van der Waals surface area contributed by atoms with Crippen molar-refractivity contribution in [3.63, 3.8) is 0 Å². The van der Waals surface area contributed by atoms with Crippen LogP contribution in [0.15, 0.2) is 0 Å². The van der Waals surface area contributed by atoms with Gasteiger partial charge in [-0.3, -0.25) is 8.30 Å². The Balaban J connectivity index is 0. The normalized spacial score (nSPS) is 9.91. The van der Waals surface area contributed by atoms with Crippen LogP contribution in [0.3, 0.4) is 0 Å². The number of hydrogen-bond acceptors (Lipinski definition) is 1. The van der Waals surface area contributed by atoms with E-state index in [2.05, 4.69) is 36.9 Å². The van der Waals surface area contributed by atoms with Crippen molar-refractivity contribution in [3.05, 3.63) is 0 Å². The lowest BCUT2D eigenvalue weighted by Gasteiger charge is -2.25. The molecule has 0 rings (SSSR count). The fourth-order valence-corrected chi connectivity index (χ4v) is 0.671. The first-order valence-electron chi connectivity index (χ1n) is 3.94. The Morgan fingerprint density at radius 1 is 1.18 bits per heavy atom. The summed E-state index contributed by atoms with van der Waals surface area (Å²) >= 11 is 3.62. The molecule has 0 aliphatic heterocycles. The summed E-state index contributed by atoms with van der Waals surface area (Å²) in [6.07, 6.45) is 1.50. The van der Waals surface area contributed by atoms with Gasteiger partial charge in [0.05, 0.1) is 19.6 Å². The van der Waals surface area contributed by atoms with Crippen molar-refractivity contribution in [2.75, 3.05) is 19.6 Å². The highest BCUT2D eigenvalue weighted by molar-refractivity contribution is 9.05. The van der Waals surface area contributed by atoms with Gasteiger partial charge < -0.3 is 0 Å². The largest absolute Gasteiger partial charge is 0.291 e. The molecule has 0 atom stereocenters. The molecule has 3 heteroatoms. The Labute approximate surface area is 78.5 Å². The number of nitrogens with zero attached hydrogens (tertiary/aromatic N) is 1. The second-order valence-electron chi connectivity index (χ2n) is 2.18. The zero-order valence-corrected chi connectivity index (χ0v) is 9.44. The minimum absolute atomic E-state index is 1.02. The van der Waals surface area contributed by atoms with Crippen LogP contribution in [0, 0.1) is 0 Å². The molecule has 0 aromatic heterocycles. The van der Waals surface area contributed by atoms with E-state index in [1.165, 1.54) is 32.8 Å². The van der Waals surface area contributed by atoms with Gasteiger partial charge in [0.15, 0.2) is 6.29 Å². The summed E-state index contributed by atoms with van der Waals surface area (Å²) in [4.78, 5) is 8.68. The van der Waals surface area contributed by atoms with Crippen molar-refractivity contribution in [2.24, 2.45) is 0 Å². The van der Waals surface area contributed by atoms with E-state index < -0.39 is 0 Å². The molecular formula is C8H18BrNO+. The standard InChI is InChI=1S/C6H15BrN.C2H3O/c1-4-8(7,5-2)6-3;1-2-3/h4-6H2,1-3H3;1H3/q+1;. The fraction of sp³-hybridized carbons (Fsp3) is 0.875. The zero-order chi connectivity index (χ0) is 9.33. The maximum atomic E-state index is 8.68. The first-order valence-corrected chi connectivity index (χ1v) is 4.65. The van der Waals surface area contributed by atoms with Crippen LogP contribution in [0.4, 0.5) is 0 Å². The third-order valence-electron chi connectivity index (χ3n) is 1.70. The van der Waals surface area contributed by atoms with Crippen LogP contribution in [-0.4, -0.2) is 29.4 Å². The number of rotatable bonds is 3. The van der Waals surface area contributed by atoms with Crippen LogP contribution >= 0.6 is 16.1 Å². The van der Waals surface area contributed by atoms with Crippen LogP contribution in [0.2, 0.25) is 0 Å². The van der Waals surface area contributed by atoms with Gasteiger partial charge in [0.2, 0.25) is 16.1 Å². The smallest absolute Gasteiger partial charge is 0.227 e. The van der Waals surface area contributed by atoms with Crippen LogP contribution in [0.5, 0.6) is 0 Å². The third-order valence-corrected chi connectivity index (χ3v) is 3.20. The maximum Gasteiger partial charge on any atom is 0.227 e. The lowest BCUT2D eigenvalue weighted by molar-refractivity contribution is -0.773. The zero-order valence-electron chi connectivity index (χ0n) is 7.85. The Kier molecular flexibility index (Phi) is 10.2. The van der Waals surface area contributed by atoms with E-state index in [-0.39, 0.29) is 0 Å². The highest BCUT2D eigenvalue weighted by Crippen LogP contribution is 2.11. The molecule has 11 heavy (non-hydrogen) atoms. The van der Waals surface area contributed by atoms with E-state index in [0.29, 0.717) is 0 Å². The Morgan fingerprint density at radius 3 is 1.36 bits per heavy atom. The summed E-state index contributed by atoms with van der Waals surface area (Å²) in [6, 6.07) is 0. The minimum atomic E-state index is 1.02. The van der Waals surface area contributed by atoms with Crippen LogP contribution in [0.1, 0.15) is 27.7 Å². The number of quaternary nitrogens is 1. The van der Waals surface area contributed by atoms with Gasteiger partial charge in [-0.25, -0.2) is 0 Å². The second-order valence-corrected chi connectivity index (χ2v) is 3.69. The molecule has 0 spiro atoms. The molecule has 1 radical (unpaired) electrons. The fourth-order valence-electron chi connectivity index (χ4n) is 0.671. The average molecular weight is 224 g/mol. The molecule has 0 saturated carbocycles. The van der Waals surface area contributed by atoms with Gasteiger partial charge in [-0.15, -0.1) is 0 Å². The van der Waals surface area contributed by atoms with Gasteiger partial charge in [-0.2, -0.15) is 0 Å². The topological polar surface area (TPSA) is 17.1 Å². The highest BCUT2D eigenvalue weighted by Gasteiger charge is 2.15. The molecular weight excluding hydrogens is 206 g/mol. The van der Waals surface area contributed by atoms with Crippen molar-refractivity contribution in [1.82, 2.24) is 0 Å². The van der Waals surface area contributed by atoms with E-state index in [4.69, 9.17) is 4.79 Å². The molecule has 0 amide bonds. The van der Waals surface area contributed by atoms with Gasteiger partial charge in [0.1, 0.15) is 0 Å². The molecule has 67 valence electrons. The Hall–Kier alpha value is 0.110. The van der Waals surface area contributed by atoms with E-state index >= 15 is 0 Å². The van der Waals surface area contributed by atoms with Crippen molar-refractivity contribution in [2.45, 2.75) is 27.7 Å². The summed E-state index contributed by atoms with van der Waals surface area (Å²) in [5.41, 5.74) is 0. The third kappa shape index (κ3) is 8.01. The predicted octanol–water partition coefficient (Wildman–Crippen LogP) is 2.29. The summed E-state index contributed by atoms with van der Waals surface area (Å²) in [6.45, 7) is 11.4. The average Bonchev–Trinajstić information content (AvgIpc) is 2.05. The molecule has 0 aliphatic rings. The Morgan fingerprint density at radius 2 is 1.36 bits per heavy atom. The summed E-state index contributed by atoms with van der Waals surface area (Å²) < 4.78 is 1.02. The van der Waals surface area contributed by atoms with Crippen molar-refractivity contribution >= 4 is 22.4 Å². The molecule has 0 aliphatic carbocycles. The number of halogens is 1. The molecule has 0 fully saturated rings. The molecule has 0 aromatic carbocycles. The lowest BCUT2D eigenvalue weighted by atomic mass is 10.5. The number of hydrogen-bond donors (Lipinski definition) is 0. The van der Waals surface area contributed by atoms with Crippen LogP contribution in [0.25, 0.3) is 0 Å². The summed E-state index contributed by atoms with van der Waals surface area (Å²) in [7, 11) is 0. The SMILES string of the molecule is CC[N+](Br)(CC)CC.C[C]=O. The summed E-state index contributed by atoms with van der Waals surface area (Å²) in [5.74, 6) is 0. The highest BCUT2D eigenvalue weighted by atomic mass is 79.9. The lowest BCUT2D eigenvalue weighted by Crippen LogP contribution is -2.36. The quantitative estimate of drug-likeness (QED) is 0.672. The van der Waals surface area contributed by atoms with Gasteiger partial charge >= 0.3 is 0 Å².